The Bertz CT molecular complexity index is 571. The molecule has 0 aromatic rings. The molecule has 8 nitrogen and oxygen atoms in total. The summed E-state index contributed by atoms with van der Waals surface area (Å²) in [5, 5.41) is 12.3. The van der Waals surface area contributed by atoms with Crippen LogP contribution in [0.2, 0.25) is 0 Å². The summed E-state index contributed by atoms with van der Waals surface area (Å²) in [6, 6.07) is -0.614. The lowest BCUT2D eigenvalue weighted by atomic mass is 9.84. The molecule has 0 saturated heterocycles. The van der Waals surface area contributed by atoms with Gasteiger partial charge in [0.05, 0.1) is 0 Å². The first-order valence-electron chi connectivity index (χ1n) is 10.3. The number of carbonyl (C=O) groups is 3. The summed E-state index contributed by atoms with van der Waals surface area (Å²) in [5.74, 6) is -1.01. The number of nitrogens with zero attached hydrogens (tertiary/aromatic N) is 1. The van der Waals surface area contributed by atoms with E-state index in [1.54, 1.807) is 48.6 Å². The zero-order valence-corrected chi connectivity index (χ0v) is 18.9. The van der Waals surface area contributed by atoms with E-state index >= 15 is 0 Å². The molecule has 1 aliphatic rings. The van der Waals surface area contributed by atoms with Crippen molar-refractivity contribution >= 4 is 18.0 Å². The minimum absolute atomic E-state index is 0.0737. The van der Waals surface area contributed by atoms with Crippen molar-refractivity contribution < 1.29 is 29.0 Å². The second-order valence-corrected chi connectivity index (χ2v) is 9.93. The van der Waals surface area contributed by atoms with Crippen LogP contribution >= 0.6 is 0 Å². The fourth-order valence-electron chi connectivity index (χ4n) is 3.32. The Hall–Kier alpha value is -1.83. The van der Waals surface area contributed by atoms with Crippen LogP contribution in [0.3, 0.4) is 0 Å². The second kappa shape index (κ2) is 10.3. The van der Waals surface area contributed by atoms with Crippen molar-refractivity contribution in [2.75, 3.05) is 13.6 Å². The number of likely N-dealkylation sites (N-methyl/N-ethyl adjacent to an activating group) is 1. The number of nitrogens with one attached hydrogen (secondary N) is 1. The fraction of sp³-hybridized carbons (Fsp3) is 0.857. The van der Waals surface area contributed by atoms with Crippen molar-refractivity contribution in [3.8, 4) is 0 Å². The van der Waals surface area contributed by atoms with E-state index in [-0.39, 0.29) is 24.9 Å². The fourth-order valence-corrected chi connectivity index (χ4v) is 3.32. The number of hydrogen-bond acceptors (Lipinski definition) is 6. The first-order chi connectivity index (χ1) is 13.2. The van der Waals surface area contributed by atoms with Crippen LogP contribution < -0.4 is 5.32 Å². The molecular formula is C21H38N2O6. The van der Waals surface area contributed by atoms with Crippen LogP contribution in [0, 0.1) is 5.92 Å². The molecule has 1 rings (SSSR count). The van der Waals surface area contributed by atoms with Gasteiger partial charge in [0.25, 0.3) is 0 Å². The zero-order chi connectivity index (χ0) is 22.4. The molecule has 1 atom stereocenters. The molecule has 0 spiro atoms. The number of esters is 1. The van der Waals surface area contributed by atoms with Crippen LogP contribution in [-0.2, 0) is 19.1 Å². The molecule has 0 aromatic carbocycles. The highest BCUT2D eigenvalue weighted by molar-refractivity contribution is 5.77. The zero-order valence-electron chi connectivity index (χ0n) is 18.9. The Kier molecular flexibility index (Phi) is 8.93. The van der Waals surface area contributed by atoms with Gasteiger partial charge in [-0.2, -0.15) is 0 Å². The lowest BCUT2D eigenvalue weighted by Gasteiger charge is -2.34. The SMILES string of the molecule is CN(CC(NC1CCC(CC(=O)O)CC1)C(=O)OC(C)(C)C)C(=O)OC(C)(C)C. The van der Waals surface area contributed by atoms with Crippen LogP contribution in [0.25, 0.3) is 0 Å². The number of amides is 1. The molecule has 2 N–H and O–H groups in total. The maximum atomic E-state index is 12.7. The quantitative estimate of drug-likeness (QED) is 0.616. The van der Waals surface area contributed by atoms with Gasteiger partial charge in [-0.25, -0.2) is 4.79 Å². The average molecular weight is 415 g/mol. The van der Waals surface area contributed by atoms with Gasteiger partial charge >= 0.3 is 18.0 Å². The van der Waals surface area contributed by atoms with Crippen LogP contribution in [0.4, 0.5) is 4.79 Å². The van der Waals surface area contributed by atoms with E-state index < -0.39 is 35.3 Å². The Morgan fingerprint density at radius 1 is 1.00 bits per heavy atom. The third-order valence-electron chi connectivity index (χ3n) is 4.60. The van der Waals surface area contributed by atoms with Crippen molar-refractivity contribution in [3.05, 3.63) is 0 Å². The normalized spacial score (nSPS) is 21.2. The van der Waals surface area contributed by atoms with E-state index in [1.165, 1.54) is 4.90 Å². The topological polar surface area (TPSA) is 105 Å². The van der Waals surface area contributed by atoms with E-state index in [4.69, 9.17) is 14.6 Å². The van der Waals surface area contributed by atoms with Gasteiger partial charge in [-0.05, 0) is 73.1 Å². The lowest BCUT2D eigenvalue weighted by Crippen LogP contribution is -2.53. The largest absolute Gasteiger partial charge is 0.481 e. The molecule has 0 aromatic heterocycles. The van der Waals surface area contributed by atoms with Crippen LogP contribution in [0.1, 0.15) is 73.6 Å². The highest BCUT2D eigenvalue weighted by Gasteiger charge is 2.32. The van der Waals surface area contributed by atoms with E-state index in [0.29, 0.717) is 0 Å². The summed E-state index contributed by atoms with van der Waals surface area (Å²) in [7, 11) is 1.59. The predicted molar refractivity (Wildman–Crippen MR) is 110 cm³/mol. The Morgan fingerprint density at radius 2 is 1.52 bits per heavy atom. The molecule has 0 bridgehead atoms. The molecule has 0 heterocycles. The Morgan fingerprint density at radius 3 is 1.97 bits per heavy atom. The van der Waals surface area contributed by atoms with Gasteiger partial charge in [0.15, 0.2) is 0 Å². The first kappa shape index (κ1) is 25.2. The monoisotopic (exact) mass is 414 g/mol. The molecule has 1 amide bonds. The van der Waals surface area contributed by atoms with E-state index in [1.807, 2.05) is 0 Å². The Labute approximate surface area is 174 Å². The maximum Gasteiger partial charge on any atom is 0.410 e. The summed E-state index contributed by atoms with van der Waals surface area (Å²) in [4.78, 5) is 37.3. The number of aliphatic carboxylic acids is 1. The summed E-state index contributed by atoms with van der Waals surface area (Å²) in [6.45, 7) is 10.9. The van der Waals surface area contributed by atoms with E-state index in [9.17, 15) is 14.4 Å². The molecule has 1 unspecified atom stereocenters. The minimum Gasteiger partial charge on any atom is -0.481 e. The maximum absolute atomic E-state index is 12.7. The number of carboxylic acid groups (broad SMARTS) is 1. The molecule has 0 aliphatic heterocycles. The van der Waals surface area contributed by atoms with Gasteiger partial charge in [0, 0.05) is 26.1 Å². The first-order valence-corrected chi connectivity index (χ1v) is 10.3. The smallest absolute Gasteiger partial charge is 0.410 e. The summed E-state index contributed by atoms with van der Waals surface area (Å²) < 4.78 is 10.9. The molecule has 1 aliphatic carbocycles. The molecule has 168 valence electrons. The highest BCUT2D eigenvalue weighted by Crippen LogP contribution is 2.27. The summed E-state index contributed by atoms with van der Waals surface area (Å²) in [6.07, 6.45) is 2.85. The second-order valence-electron chi connectivity index (χ2n) is 9.93. The van der Waals surface area contributed by atoms with Crippen molar-refractivity contribution in [1.82, 2.24) is 10.2 Å². The summed E-state index contributed by atoms with van der Waals surface area (Å²) in [5.41, 5.74) is -1.26. The predicted octanol–water partition coefficient (Wildman–Crippen LogP) is 3.19. The lowest BCUT2D eigenvalue weighted by molar-refractivity contribution is -0.158. The number of rotatable bonds is 7. The van der Waals surface area contributed by atoms with E-state index in [2.05, 4.69) is 5.32 Å². The molecule has 1 saturated carbocycles. The minimum atomic E-state index is -0.771. The molecule has 1 fully saturated rings. The summed E-state index contributed by atoms with van der Waals surface area (Å²) >= 11 is 0. The number of carboxylic acids is 1. The molecule has 0 radical (unpaired) electrons. The van der Waals surface area contributed by atoms with Gasteiger partial charge in [-0.1, -0.05) is 0 Å². The number of carbonyl (C=O) groups excluding carboxylic acids is 2. The molecule has 8 heteroatoms. The standard InChI is InChI=1S/C21H38N2O6/c1-20(2,3)28-18(26)16(13-23(7)19(27)29-21(4,5)6)22-15-10-8-14(9-11-15)12-17(24)25/h14-16,22H,8-13H2,1-7H3,(H,24,25). The van der Waals surface area contributed by atoms with Crippen molar-refractivity contribution in [2.24, 2.45) is 5.92 Å². The highest BCUT2D eigenvalue weighted by atomic mass is 16.6. The van der Waals surface area contributed by atoms with Gasteiger partial charge in [0.1, 0.15) is 17.2 Å². The third-order valence-corrected chi connectivity index (χ3v) is 4.60. The third kappa shape index (κ3) is 10.5. The molecular weight excluding hydrogens is 376 g/mol. The van der Waals surface area contributed by atoms with Crippen LogP contribution in [-0.4, -0.2) is 64.9 Å². The number of hydrogen-bond donors (Lipinski definition) is 2. The van der Waals surface area contributed by atoms with E-state index in [0.717, 1.165) is 25.7 Å². The van der Waals surface area contributed by atoms with Gasteiger partial charge in [-0.3, -0.25) is 9.59 Å². The average Bonchev–Trinajstić information content (AvgIpc) is 2.52. The van der Waals surface area contributed by atoms with Crippen molar-refractivity contribution in [2.45, 2.75) is 96.9 Å². The van der Waals surface area contributed by atoms with Gasteiger partial charge < -0.3 is 24.8 Å². The van der Waals surface area contributed by atoms with Crippen LogP contribution in [0.5, 0.6) is 0 Å². The van der Waals surface area contributed by atoms with Crippen molar-refractivity contribution in [3.63, 3.8) is 0 Å². The molecule has 29 heavy (non-hydrogen) atoms. The van der Waals surface area contributed by atoms with Gasteiger partial charge in [0.2, 0.25) is 0 Å². The van der Waals surface area contributed by atoms with Crippen LogP contribution in [0.15, 0.2) is 0 Å². The van der Waals surface area contributed by atoms with Gasteiger partial charge in [-0.15, -0.1) is 0 Å². The number of ether oxygens (including phenoxy) is 2. The van der Waals surface area contributed by atoms with Crippen molar-refractivity contribution in [1.29, 1.82) is 0 Å². The Balaban J connectivity index is 2.75.